The Kier molecular flexibility index (Phi) is 4.70. The van der Waals surface area contributed by atoms with Crippen molar-refractivity contribution in [3.05, 3.63) is 23.9 Å². The summed E-state index contributed by atoms with van der Waals surface area (Å²) in [7, 11) is 0. The van der Waals surface area contributed by atoms with Gasteiger partial charge in [0.2, 0.25) is 0 Å². The first-order valence-electron chi connectivity index (χ1n) is 6.37. The van der Waals surface area contributed by atoms with Crippen LogP contribution in [0.25, 0.3) is 0 Å². The van der Waals surface area contributed by atoms with E-state index < -0.39 is 5.97 Å². The number of aromatic carboxylic acids is 1. The summed E-state index contributed by atoms with van der Waals surface area (Å²) in [6, 6.07) is 4.99. The van der Waals surface area contributed by atoms with Crippen LogP contribution in [0.3, 0.4) is 0 Å². The molecule has 1 aliphatic heterocycles. The molecule has 2 heterocycles. The van der Waals surface area contributed by atoms with Crippen LogP contribution in [0, 0.1) is 0 Å². The predicted octanol–water partition coefficient (Wildman–Crippen LogP) is 1.39. The van der Waals surface area contributed by atoms with E-state index in [2.05, 4.69) is 10.3 Å². The third-order valence-electron chi connectivity index (χ3n) is 2.99. The highest BCUT2D eigenvalue weighted by Gasteiger charge is 2.26. The van der Waals surface area contributed by atoms with Gasteiger partial charge in [0, 0.05) is 13.2 Å². The molecule has 0 bridgehead atoms. The van der Waals surface area contributed by atoms with Gasteiger partial charge in [-0.3, -0.25) is 0 Å². The monoisotopic (exact) mass is 266 g/mol. The number of anilines is 1. The molecule has 6 nitrogen and oxygen atoms in total. The van der Waals surface area contributed by atoms with Gasteiger partial charge in [-0.1, -0.05) is 6.07 Å². The molecule has 0 saturated carbocycles. The maximum atomic E-state index is 10.9. The minimum absolute atomic E-state index is 0.0324. The highest BCUT2D eigenvalue weighted by atomic mass is 16.5. The number of carboxylic acid groups (broad SMARTS) is 1. The summed E-state index contributed by atoms with van der Waals surface area (Å²) in [5.41, 5.74) is 0.0324. The van der Waals surface area contributed by atoms with Gasteiger partial charge < -0.3 is 19.9 Å². The van der Waals surface area contributed by atoms with Crippen LogP contribution in [0.4, 0.5) is 5.82 Å². The fourth-order valence-corrected chi connectivity index (χ4v) is 2.08. The van der Waals surface area contributed by atoms with Crippen LogP contribution in [0.15, 0.2) is 18.2 Å². The summed E-state index contributed by atoms with van der Waals surface area (Å²) in [5.74, 6) is -0.478. The van der Waals surface area contributed by atoms with Crippen molar-refractivity contribution in [1.29, 1.82) is 0 Å². The van der Waals surface area contributed by atoms with Crippen LogP contribution in [-0.2, 0) is 9.47 Å². The quantitative estimate of drug-likeness (QED) is 0.838. The van der Waals surface area contributed by atoms with Crippen LogP contribution in [0.5, 0.6) is 0 Å². The molecule has 104 valence electrons. The summed E-state index contributed by atoms with van der Waals surface area (Å²) in [6.45, 7) is 3.77. The van der Waals surface area contributed by atoms with Crippen molar-refractivity contribution in [2.45, 2.75) is 25.5 Å². The SMILES string of the molecule is CCOC1COCCC1Nc1cccc(C(=O)O)n1. The molecular weight excluding hydrogens is 248 g/mol. The summed E-state index contributed by atoms with van der Waals surface area (Å²) < 4.78 is 11.0. The number of carbonyl (C=O) groups is 1. The Hall–Kier alpha value is -1.66. The van der Waals surface area contributed by atoms with Gasteiger partial charge in [-0.15, -0.1) is 0 Å². The second-order valence-electron chi connectivity index (χ2n) is 4.32. The van der Waals surface area contributed by atoms with E-state index >= 15 is 0 Å². The zero-order valence-corrected chi connectivity index (χ0v) is 10.8. The zero-order chi connectivity index (χ0) is 13.7. The lowest BCUT2D eigenvalue weighted by atomic mass is 10.1. The molecule has 2 atom stereocenters. The Balaban J connectivity index is 2.06. The van der Waals surface area contributed by atoms with Crippen LogP contribution in [0.2, 0.25) is 0 Å². The Morgan fingerprint density at radius 3 is 3.21 bits per heavy atom. The highest BCUT2D eigenvalue weighted by molar-refractivity contribution is 5.85. The van der Waals surface area contributed by atoms with Crippen molar-refractivity contribution in [2.75, 3.05) is 25.1 Å². The van der Waals surface area contributed by atoms with Gasteiger partial charge in [-0.05, 0) is 25.5 Å². The summed E-state index contributed by atoms with van der Waals surface area (Å²) in [6.07, 6.45) is 0.776. The zero-order valence-electron chi connectivity index (χ0n) is 10.8. The molecule has 0 aromatic carbocycles. The van der Waals surface area contributed by atoms with E-state index in [1.165, 1.54) is 6.07 Å². The molecule has 0 amide bonds. The molecule has 2 rings (SSSR count). The third kappa shape index (κ3) is 3.65. The fourth-order valence-electron chi connectivity index (χ4n) is 2.08. The van der Waals surface area contributed by atoms with Crippen molar-refractivity contribution in [3.63, 3.8) is 0 Å². The van der Waals surface area contributed by atoms with Gasteiger partial charge in [0.1, 0.15) is 11.9 Å². The van der Waals surface area contributed by atoms with Crippen LogP contribution in [0.1, 0.15) is 23.8 Å². The Bertz CT molecular complexity index is 436. The number of pyridine rings is 1. The number of aromatic nitrogens is 1. The van der Waals surface area contributed by atoms with Crippen molar-refractivity contribution >= 4 is 11.8 Å². The predicted molar refractivity (Wildman–Crippen MR) is 69.5 cm³/mol. The molecule has 6 heteroatoms. The first-order valence-corrected chi connectivity index (χ1v) is 6.37. The van der Waals surface area contributed by atoms with E-state index in [0.29, 0.717) is 25.6 Å². The Morgan fingerprint density at radius 1 is 1.63 bits per heavy atom. The number of ether oxygens (including phenoxy) is 2. The second-order valence-corrected chi connectivity index (χ2v) is 4.32. The van der Waals surface area contributed by atoms with Gasteiger partial charge in [-0.25, -0.2) is 9.78 Å². The van der Waals surface area contributed by atoms with Gasteiger partial charge in [-0.2, -0.15) is 0 Å². The Labute approximate surface area is 111 Å². The minimum Gasteiger partial charge on any atom is -0.477 e. The van der Waals surface area contributed by atoms with Crippen LogP contribution < -0.4 is 5.32 Å². The molecule has 0 aliphatic carbocycles. The molecule has 2 N–H and O–H groups in total. The smallest absolute Gasteiger partial charge is 0.354 e. The fraction of sp³-hybridized carbons (Fsp3) is 0.538. The number of carboxylic acids is 1. The first kappa shape index (κ1) is 13.8. The molecule has 1 aliphatic rings. The van der Waals surface area contributed by atoms with Crippen molar-refractivity contribution in [2.24, 2.45) is 0 Å². The van der Waals surface area contributed by atoms with Gasteiger partial charge in [0.25, 0.3) is 0 Å². The molecule has 1 saturated heterocycles. The lowest BCUT2D eigenvalue weighted by Crippen LogP contribution is -2.44. The van der Waals surface area contributed by atoms with E-state index in [0.717, 1.165) is 6.42 Å². The number of nitrogens with zero attached hydrogens (tertiary/aromatic N) is 1. The molecule has 1 fully saturated rings. The molecule has 19 heavy (non-hydrogen) atoms. The van der Waals surface area contributed by atoms with Gasteiger partial charge >= 0.3 is 5.97 Å². The highest BCUT2D eigenvalue weighted by Crippen LogP contribution is 2.16. The van der Waals surface area contributed by atoms with Crippen molar-refractivity contribution in [3.8, 4) is 0 Å². The number of hydrogen-bond donors (Lipinski definition) is 2. The summed E-state index contributed by atoms with van der Waals surface area (Å²) in [5, 5.41) is 12.1. The lowest BCUT2D eigenvalue weighted by molar-refractivity contribution is -0.0529. The number of rotatable bonds is 5. The Morgan fingerprint density at radius 2 is 2.47 bits per heavy atom. The standard InChI is InChI=1S/C13H18N2O4/c1-2-19-11-8-18-7-6-9(11)14-12-5-3-4-10(15-12)13(16)17/h3-5,9,11H,2,6-8H2,1H3,(H,14,15)(H,16,17). The minimum atomic E-state index is -1.03. The topological polar surface area (TPSA) is 80.7 Å². The average Bonchev–Trinajstić information content (AvgIpc) is 2.41. The van der Waals surface area contributed by atoms with E-state index in [9.17, 15) is 4.79 Å². The van der Waals surface area contributed by atoms with Gasteiger partial charge in [0.05, 0.1) is 12.6 Å². The summed E-state index contributed by atoms with van der Waals surface area (Å²) >= 11 is 0. The molecule has 0 spiro atoms. The van der Waals surface area contributed by atoms with E-state index in [1.54, 1.807) is 12.1 Å². The third-order valence-corrected chi connectivity index (χ3v) is 2.99. The molecule has 1 aromatic rings. The normalized spacial score (nSPS) is 23.0. The molecule has 2 unspecified atom stereocenters. The maximum absolute atomic E-state index is 10.9. The first-order chi connectivity index (χ1) is 9.20. The van der Waals surface area contributed by atoms with Crippen molar-refractivity contribution < 1.29 is 19.4 Å². The molecule has 1 aromatic heterocycles. The summed E-state index contributed by atoms with van der Waals surface area (Å²) in [4.78, 5) is 14.9. The van der Waals surface area contributed by atoms with E-state index in [-0.39, 0.29) is 17.8 Å². The lowest BCUT2D eigenvalue weighted by Gasteiger charge is -2.32. The second kappa shape index (κ2) is 6.49. The van der Waals surface area contributed by atoms with Crippen molar-refractivity contribution in [1.82, 2.24) is 4.98 Å². The van der Waals surface area contributed by atoms with Gasteiger partial charge in [0.15, 0.2) is 5.69 Å². The number of nitrogens with one attached hydrogen (secondary N) is 1. The van der Waals surface area contributed by atoms with E-state index in [4.69, 9.17) is 14.6 Å². The maximum Gasteiger partial charge on any atom is 0.354 e. The van der Waals surface area contributed by atoms with Crippen LogP contribution in [-0.4, -0.2) is 48.0 Å². The molecular formula is C13H18N2O4. The van der Waals surface area contributed by atoms with Crippen LogP contribution >= 0.6 is 0 Å². The number of hydrogen-bond acceptors (Lipinski definition) is 5. The molecule has 0 radical (unpaired) electrons. The largest absolute Gasteiger partial charge is 0.477 e. The average molecular weight is 266 g/mol. The van der Waals surface area contributed by atoms with E-state index in [1.807, 2.05) is 6.92 Å².